The first-order valence-electron chi connectivity index (χ1n) is 10.7. The standard InChI is InChI=1S/C24H27BrCl2N2O2S/c1-16(24(31)28-19-8-2-3-9-19)29(13-17-6-4-7-18(25)12-17)23(30)15-32-14-20-21(26)10-5-11-22(20)27/h4-7,10-12,16,19H,2-3,8-9,13-15H2,1H3,(H,28,31)/t16-/m1/s1. The smallest absolute Gasteiger partial charge is 0.242 e. The Hall–Kier alpha value is -1.21. The van der Waals surface area contributed by atoms with Crippen LogP contribution in [0, 0.1) is 0 Å². The second-order valence-corrected chi connectivity index (χ2v) is 10.7. The molecule has 172 valence electrons. The zero-order valence-electron chi connectivity index (χ0n) is 18.0. The lowest BCUT2D eigenvalue weighted by molar-refractivity contribution is -0.138. The molecule has 2 aromatic rings. The van der Waals surface area contributed by atoms with Gasteiger partial charge in [0.05, 0.1) is 5.75 Å². The molecule has 4 nitrogen and oxygen atoms in total. The molecule has 0 radical (unpaired) electrons. The van der Waals surface area contributed by atoms with E-state index in [1.54, 1.807) is 30.0 Å². The van der Waals surface area contributed by atoms with Crippen molar-refractivity contribution in [2.75, 3.05) is 5.75 Å². The summed E-state index contributed by atoms with van der Waals surface area (Å²) in [6.45, 7) is 2.17. The molecule has 2 amide bonds. The highest BCUT2D eigenvalue weighted by Gasteiger charge is 2.28. The third kappa shape index (κ3) is 7.14. The molecule has 1 aliphatic rings. The Kier molecular flexibility index (Phi) is 9.77. The Balaban J connectivity index is 1.68. The lowest BCUT2D eigenvalue weighted by Crippen LogP contribution is -2.50. The largest absolute Gasteiger partial charge is 0.352 e. The number of rotatable bonds is 9. The summed E-state index contributed by atoms with van der Waals surface area (Å²) in [4.78, 5) is 27.8. The van der Waals surface area contributed by atoms with Gasteiger partial charge in [0, 0.05) is 32.9 Å². The summed E-state index contributed by atoms with van der Waals surface area (Å²) in [6, 6.07) is 12.8. The van der Waals surface area contributed by atoms with E-state index in [1.165, 1.54) is 11.8 Å². The van der Waals surface area contributed by atoms with Crippen LogP contribution in [0.15, 0.2) is 46.9 Å². The summed E-state index contributed by atoms with van der Waals surface area (Å²) in [7, 11) is 0. The molecular formula is C24H27BrCl2N2O2S. The van der Waals surface area contributed by atoms with Crippen molar-refractivity contribution in [2.45, 2.75) is 57.0 Å². The minimum Gasteiger partial charge on any atom is -0.352 e. The van der Waals surface area contributed by atoms with Crippen LogP contribution in [-0.2, 0) is 21.9 Å². The highest BCUT2D eigenvalue weighted by molar-refractivity contribution is 9.10. The van der Waals surface area contributed by atoms with Crippen LogP contribution in [-0.4, -0.2) is 34.6 Å². The monoisotopic (exact) mass is 556 g/mol. The quantitative estimate of drug-likeness (QED) is 0.384. The van der Waals surface area contributed by atoms with Crippen molar-refractivity contribution >= 4 is 62.7 Å². The topological polar surface area (TPSA) is 49.4 Å². The van der Waals surface area contributed by atoms with Crippen molar-refractivity contribution in [1.29, 1.82) is 0 Å². The van der Waals surface area contributed by atoms with Crippen molar-refractivity contribution in [2.24, 2.45) is 0 Å². The molecule has 8 heteroatoms. The van der Waals surface area contributed by atoms with Gasteiger partial charge in [0.1, 0.15) is 6.04 Å². The van der Waals surface area contributed by atoms with Gasteiger partial charge in [-0.2, -0.15) is 0 Å². The Labute approximate surface area is 212 Å². The van der Waals surface area contributed by atoms with E-state index in [-0.39, 0.29) is 23.6 Å². The third-order valence-corrected chi connectivity index (χ3v) is 7.79. The SMILES string of the molecule is C[C@H](C(=O)NC1CCCC1)N(Cc1cccc(Br)c1)C(=O)CSCc1c(Cl)cccc1Cl. The zero-order valence-corrected chi connectivity index (χ0v) is 21.9. The second-order valence-electron chi connectivity index (χ2n) is 8.01. The van der Waals surface area contributed by atoms with Gasteiger partial charge in [0.25, 0.3) is 0 Å². The summed E-state index contributed by atoms with van der Waals surface area (Å²) >= 11 is 17.4. The molecule has 0 saturated heterocycles. The number of hydrogen-bond donors (Lipinski definition) is 1. The van der Waals surface area contributed by atoms with Crippen molar-refractivity contribution in [3.05, 3.63) is 68.1 Å². The number of nitrogens with zero attached hydrogens (tertiary/aromatic N) is 1. The van der Waals surface area contributed by atoms with Crippen LogP contribution in [0.3, 0.4) is 0 Å². The van der Waals surface area contributed by atoms with Crippen LogP contribution in [0.2, 0.25) is 10.0 Å². The summed E-state index contributed by atoms with van der Waals surface area (Å²) in [5.74, 6) is 0.570. The van der Waals surface area contributed by atoms with E-state index in [9.17, 15) is 9.59 Å². The molecule has 1 atom stereocenters. The van der Waals surface area contributed by atoms with Gasteiger partial charge in [-0.25, -0.2) is 0 Å². The summed E-state index contributed by atoms with van der Waals surface area (Å²) in [6.07, 6.45) is 4.29. The molecule has 0 aliphatic heterocycles. The Morgan fingerprint density at radius 1 is 1.16 bits per heavy atom. The number of thioether (sulfide) groups is 1. The molecule has 3 rings (SSSR count). The van der Waals surface area contributed by atoms with Gasteiger partial charge in [0.2, 0.25) is 11.8 Å². The molecule has 0 heterocycles. The van der Waals surface area contributed by atoms with Crippen molar-refractivity contribution in [1.82, 2.24) is 10.2 Å². The number of hydrogen-bond acceptors (Lipinski definition) is 3. The molecule has 2 aromatic carbocycles. The molecule has 1 aliphatic carbocycles. The van der Waals surface area contributed by atoms with E-state index in [4.69, 9.17) is 23.2 Å². The van der Waals surface area contributed by atoms with Gasteiger partial charge in [-0.05, 0) is 55.2 Å². The number of carbonyl (C=O) groups excluding carboxylic acids is 2. The lowest BCUT2D eigenvalue weighted by atomic mass is 10.1. The van der Waals surface area contributed by atoms with E-state index in [1.807, 2.05) is 24.3 Å². The van der Waals surface area contributed by atoms with E-state index < -0.39 is 6.04 Å². The minimum atomic E-state index is -0.563. The van der Waals surface area contributed by atoms with Crippen molar-refractivity contribution in [3.63, 3.8) is 0 Å². The highest BCUT2D eigenvalue weighted by atomic mass is 79.9. The molecule has 0 unspecified atom stereocenters. The average molecular weight is 558 g/mol. The van der Waals surface area contributed by atoms with Gasteiger partial charge in [-0.3, -0.25) is 9.59 Å². The molecule has 0 spiro atoms. The van der Waals surface area contributed by atoms with Gasteiger partial charge in [-0.15, -0.1) is 11.8 Å². The molecule has 1 saturated carbocycles. The number of carbonyl (C=O) groups is 2. The predicted molar refractivity (Wildman–Crippen MR) is 137 cm³/mol. The molecule has 32 heavy (non-hydrogen) atoms. The molecule has 1 fully saturated rings. The van der Waals surface area contributed by atoms with Crippen LogP contribution < -0.4 is 5.32 Å². The van der Waals surface area contributed by atoms with Gasteiger partial charge in [-0.1, -0.05) is 70.2 Å². The first kappa shape index (κ1) is 25.4. The van der Waals surface area contributed by atoms with Crippen LogP contribution in [0.1, 0.15) is 43.7 Å². The van der Waals surface area contributed by atoms with Crippen LogP contribution in [0.5, 0.6) is 0 Å². The van der Waals surface area contributed by atoms with Crippen LogP contribution in [0.4, 0.5) is 0 Å². The second kappa shape index (κ2) is 12.3. The maximum atomic E-state index is 13.2. The van der Waals surface area contributed by atoms with E-state index >= 15 is 0 Å². The first-order chi connectivity index (χ1) is 15.3. The number of nitrogens with one attached hydrogen (secondary N) is 1. The Morgan fingerprint density at radius 2 is 1.81 bits per heavy atom. The van der Waals surface area contributed by atoms with Crippen LogP contribution >= 0.6 is 50.9 Å². The maximum absolute atomic E-state index is 13.2. The minimum absolute atomic E-state index is 0.0905. The normalized spacial score (nSPS) is 14.9. The fraction of sp³-hybridized carbons (Fsp3) is 0.417. The highest BCUT2D eigenvalue weighted by Crippen LogP contribution is 2.28. The zero-order chi connectivity index (χ0) is 23.1. The summed E-state index contributed by atoms with van der Waals surface area (Å²) < 4.78 is 0.938. The third-order valence-electron chi connectivity index (χ3n) is 5.64. The van der Waals surface area contributed by atoms with Gasteiger partial charge >= 0.3 is 0 Å². The molecular weight excluding hydrogens is 531 g/mol. The van der Waals surface area contributed by atoms with Crippen molar-refractivity contribution in [3.8, 4) is 0 Å². The van der Waals surface area contributed by atoms with E-state index in [0.29, 0.717) is 22.3 Å². The number of benzene rings is 2. The van der Waals surface area contributed by atoms with E-state index in [0.717, 1.165) is 41.3 Å². The average Bonchev–Trinajstić information content (AvgIpc) is 3.26. The fourth-order valence-corrected chi connectivity index (χ4v) is 5.89. The van der Waals surface area contributed by atoms with Gasteiger partial charge in [0.15, 0.2) is 0 Å². The first-order valence-corrected chi connectivity index (χ1v) is 13.4. The Morgan fingerprint density at radius 3 is 2.47 bits per heavy atom. The fourth-order valence-electron chi connectivity index (χ4n) is 3.80. The van der Waals surface area contributed by atoms with Gasteiger partial charge < -0.3 is 10.2 Å². The maximum Gasteiger partial charge on any atom is 0.242 e. The number of halogens is 3. The van der Waals surface area contributed by atoms with Crippen LogP contribution in [0.25, 0.3) is 0 Å². The summed E-state index contributed by atoms with van der Waals surface area (Å²) in [5, 5.41) is 4.31. The molecule has 1 N–H and O–H groups in total. The van der Waals surface area contributed by atoms with E-state index in [2.05, 4.69) is 21.2 Å². The molecule has 0 aromatic heterocycles. The molecule has 0 bridgehead atoms. The number of amides is 2. The predicted octanol–water partition coefficient (Wildman–Crippen LogP) is 6.47. The van der Waals surface area contributed by atoms with Crippen molar-refractivity contribution < 1.29 is 9.59 Å². The Bertz CT molecular complexity index is 933. The lowest BCUT2D eigenvalue weighted by Gasteiger charge is -2.29. The summed E-state index contributed by atoms with van der Waals surface area (Å²) in [5.41, 5.74) is 1.78.